The molecule has 0 aromatic heterocycles. The number of alkyl halides is 1. The summed E-state index contributed by atoms with van der Waals surface area (Å²) in [5.74, 6) is 2.71. The third kappa shape index (κ3) is 2.32. The summed E-state index contributed by atoms with van der Waals surface area (Å²) in [5, 5.41) is 21.0. The van der Waals surface area contributed by atoms with Crippen molar-refractivity contribution in [1.82, 2.24) is 0 Å². The van der Waals surface area contributed by atoms with Gasteiger partial charge in [0.15, 0.2) is 0 Å². The molecule has 2 N–H and O–H groups in total. The molecule has 3 saturated carbocycles. The lowest BCUT2D eigenvalue weighted by atomic mass is 9.48. The largest absolute Gasteiger partial charge is 0.393 e. The van der Waals surface area contributed by atoms with Crippen LogP contribution in [0, 0.1) is 34.5 Å². The minimum absolute atomic E-state index is 0.100. The molecule has 0 aromatic rings. The smallest absolute Gasteiger partial charge is 0.0632 e. The fourth-order valence-corrected chi connectivity index (χ4v) is 7.78. The van der Waals surface area contributed by atoms with E-state index in [0.29, 0.717) is 17.3 Å². The maximum absolute atomic E-state index is 10.9. The van der Waals surface area contributed by atoms with E-state index in [4.69, 9.17) is 0 Å². The normalized spacial score (nSPS) is 55.6. The van der Waals surface area contributed by atoms with Crippen molar-refractivity contribution < 1.29 is 10.2 Å². The monoisotopic (exact) mass is 430 g/mol. The molecule has 0 aliphatic heterocycles. The van der Waals surface area contributed by atoms with Crippen LogP contribution in [0.5, 0.6) is 0 Å². The molecular formula is C20H31IO2. The number of hydrogen-bond donors (Lipinski definition) is 2. The van der Waals surface area contributed by atoms with Crippen LogP contribution >= 0.6 is 22.6 Å². The number of aliphatic hydroxyl groups is 2. The van der Waals surface area contributed by atoms with Gasteiger partial charge in [-0.25, -0.2) is 0 Å². The molecule has 3 fully saturated rings. The van der Waals surface area contributed by atoms with Crippen molar-refractivity contribution in [3.63, 3.8) is 0 Å². The average Bonchev–Trinajstić information content (AvgIpc) is 2.79. The molecule has 0 aromatic carbocycles. The molecule has 3 heteroatoms. The number of rotatable bonds is 1. The van der Waals surface area contributed by atoms with Crippen molar-refractivity contribution >= 4 is 22.6 Å². The topological polar surface area (TPSA) is 40.5 Å². The van der Waals surface area contributed by atoms with Gasteiger partial charge in [0.2, 0.25) is 0 Å². The molecule has 4 rings (SSSR count). The van der Waals surface area contributed by atoms with Crippen molar-refractivity contribution in [3.05, 3.63) is 11.6 Å². The summed E-state index contributed by atoms with van der Waals surface area (Å²) in [5.41, 5.74) is 2.01. The fraction of sp³-hybridized carbons (Fsp3) is 0.900. The Morgan fingerprint density at radius 3 is 2.70 bits per heavy atom. The van der Waals surface area contributed by atoms with Gasteiger partial charge in [-0.3, -0.25) is 0 Å². The number of halogens is 1. The summed E-state index contributed by atoms with van der Waals surface area (Å²) in [6, 6.07) is 0. The minimum Gasteiger partial charge on any atom is -0.393 e. The van der Waals surface area contributed by atoms with Crippen LogP contribution in [0.15, 0.2) is 11.6 Å². The maximum atomic E-state index is 10.9. The van der Waals surface area contributed by atoms with E-state index in [2.05, 4.69) is 42.5 Å². The number of aliphatic hydroxyl groups excluding tert-OH is 2. The van der Waals surface area contributed by atoms with Crippen molar-refractivity contribution in [2.45, 2.75) is 71.0 Å². The molecule has 0 amide bonds. The van der Waals surface area contributed by atoms with Crippen LogP contribution in [0.1, 0.15) is 58.8 Å². The number of hydrogen-bond acceptors (Lipinski definition) is 2. The van der Waals surface area contributed by atoms with Gasteiger partial charge in [-0.2, -0.15) is 0 Å². The van der Waals surface area contributed by atoms with Crippen LogP contribution in [0.25, 0.3) is 0 Å². The number of allylic oxidation sites excluding steroid dienone is 1. The first-order valence-electron chi connectivity index (χ1n) is 9.52. The van der Waals surface area contributed by atoms with Crippen molar-refractivity contribution in [3.8, 4) is 0 Å². The second-order valence-corrected chi connectivity index (χ2v) is 10.2. The Morgan fingerprint density at radius 1 is 1.17 bits per heavy atom. The second-order valence-electron chi connectivity index (χ2n) is 9.30. The molecule has 0 heterocycles. The van der Waals surface area contributed by atoms with E-state index in [9.17, 15) is 10.2 Å². The Labute approximate surface area is 154 Å². The lowest BCUT2D eigenvalue weighted by molar-refractivity contribution is -0.0741. The zero-order valence-electron chi connectivity index (χ0n) is 14.5. The third-order valence-electron chi connectivity index (χ3n) is 8.39. The van der Waals surface area contributed by atoms with Gasteiger partial charge in [-0.15, -0.1) is 0 Å². The predicted octanol–water partition coefficient (Wildman–Crippen LogP) is 4.33. The van der Waals surface area contributed by atoms with E-state index in [1.165, 1.54) is 25.7 Å². The van der Waals surface area contributed by atoms with Gasteiger partial charge in [-0.1, -0.05) is 48.1 Å². The highest BCUT2D eigenvalue weighted by molar-refractivity contribution is 14.1. The summed E-state index contributed by atoms with van der Waals surface area (Å²) in [4.78, 5) is 0. The quantitative estimate of drug-likeness (QED) is 0.369. The highest BCUT2D eigenvalue weighted by Crippen LogP contribution is 2.65. The van der Waals surface area contributed by atoms with Crippen LogP contribution in [-0.4, -0.2) is 26.8 Å². The molecular weight excluding hydrogens is 399 g/mol. The summed E-state index contributed by atoms with van der Waals surface area (Å²) >= 11 is 2.47. The number of fused-ring (bicyclic) bond motifs is 5. The van der Waals surface area contributed by atoms with Gasteiger partial charge < -0.3 is 10.2 Å². The van der Waals surface area contributed by atoms with Crippen molar-refractivity contribution in [1.29, 1.82) is 0 Å². The van der Waals surface area contributed by atoms with Gasteiger partial charge in [0.05, 0.1) is 12.2 Å². The molecule has 3 unspecified atom stereocenters. The van der Waals surface area contributed by atoms with E-state index in [1.54, 1.807) is 5.57 Å². The standard InChI is InChI=1S/C20H31IO2/c1-19-7-5-14(22)10-13(19)3-4-15-16(19)6-8-20(2)17(15)9-12(11-21)18(20)23/h3,12,14-18,22-23H,4-11H2,1-2H3/t12?,14?,15-,16-,17+,18?,19+,20+/m1/s1. The molecule has 4 aliphatic rings. The van der Waals surface area contributed by atoms with E-state index in [0.717, 1.165) is 35.5 Å². The van der Waals surface area contributed by atoms with Crippen LogP contribution in [-0.2, 0) is 0 Å². The van der Waals surface area contributed by atoms with Crippen LogP contribution in [0.2, 0.25) is 0 Å². The molecule has 4 aliphatic carbocycles. The van der Waals surface area contributed by atoms with Gasteiger partial charge >= 0.3 is 0 Å². The summed E-state index contributed by atoms with van der Waals surface area (Å²) in [7, 11) is 0. The first-order chi connectivity index (χ1) is 10.9. The zero-order valence-corrected chi connectivity index (χ0v) is 16.6. The molecule has 0 saturated heterocycles. The first-order valence-corrected chi connectivity index (χ1v) is 11.0. The van der Waals surface area contributed by atoms with Crippen LogP contribution < -0.4 is 0 Å². The van der Waals surface area contributed by atoms with Crippen LogP contribution in [0.4, 0.5) is 0 Å². The van der Waals surface area contributed by atoms with E-state index in [-0.39, 0.29) is 17.6 Å². The van der Waals surface area contributed by atoms with Gasteiger partial charge in [0, 0.05) is 4.43 Å². The van der Waals surface area contributed by atoms with E-state index in [1.807, 2.05) is 0 Å². The van der Waals surface area contributed by atoms with Gasteiger partial charge in [-0.05, 0) is 79.4 Å². The lowest BCUT2D eigenvalue weighted by Crippen LogP contribution is -2.51. The zero-order chi connectivity index (χ0) is 16.4. The lowest BCUT2D eigenvalue weighted by Gasteiger charge is -2.57. The molecule has 0 bridgehead atoms. The van der Waals surface area contributed by atoms with E-state index < -0.39 is 0 Å². The van der Waals surface area contributed by atoms with Crippen LogP contribution in [0.3, 0.4) is 0 Å². The fourth-order valence-electron chi connectivity index (χ4n) is 6.94. The van der Waals surface area contributed by atoms with Gasteiger partial charge in [0.25, 0.3) is 0 Å². The molecule has 0 radical (unpaired) electrons. The molecule has 130 valence electrons. The summed E-state index contributed by atoms with van der Waals surface area (Å²) < 4.78 is 1.09. The summed E-state index contributed by atoms with van der Waals surface area (Å²) in [6.45, 7) is 4.85. The second kappa shape index (κ2) is 5.70. The molecule has 2 nitrogen and oxygen atoms in total. The van der Waals surface area contributed by atoms with Crippen molar-refractivity contribution in [2.75, 3.05) is 4.43 Å². The molecule has 8 atom stereocenters. The highest BCUT2D eigenvalue weighted by Gasteiger charge is 2.60. The Balaban J connectivity index is 1.67. The first kappa shape index (κ1) is 16.8. The molecule has 0 spiro atoms. The molecule has 23 heavy (non-hydrogen) atoms. The van der Waals surface area contributed by atoms with E-state index >= 15 is 0 Å². The Kier molecular flexibility index (Phi) is 4.17. The van der Waals surface area contributed by atoms with Crippen molar-refractivity contribution in [2.24, 2.45) is 34.5 Å². The van der Waals surface area contributed by atoms with Gasteiger partial charge in [0.1, 0.15) is 0 Å². The SMILES string of the molecule is C[C@]12CCC(O)CC1=CC[C@@H]1[C@H]2CC[C@]2(C)C(O)C(CI)C[C@@H]12. The minimum atomic E-state index is -0.114. The summed E-state index contributed by atoms with van der Waals surface area (Å²) in [6.07, 6.45) is 10.2. The Morgan fingerprint density at radius 2 is 1.96 bits per heavy atom. The third-order valence-corrected chi connectivity index (χ3v) is 9.52. The average molecular weight is 430 g/mol. The Hall–Kier alpha value is 0.390. The maximum Gasteiger partial charge on any atom is 0.0632 e. The Bertz CT molecular complexity index is 518. The highest BCUT2D eigenvalue weighted by atomic mass is 127. The predicted molar refractivity (Wildman–Crippen MR) is 101 cm³/mol.